The zero-order valence-electron chi connectivity index (χ0n) is 11.5. The molecule has 0 saturated carbocycles. The summed E-state index contributed by atoms with van der Waals surface area (Å²) in [5.74, 6) is 0.654. The van der Waals surface area contributed by atoms with E-state index in [-0.39, 0.29) is 17.9 Å². The Morgan fingerprint density at radius 1 is 1.35 bits per heavy atom. The molecule has 0 bridgehead atoms. The van der Waals surface area contributed by atoms with E-state index in [2.05, 4.69) is 26.0 Å². The van der Waals surface area contributed by atoms with Gasteiger partial charge in [-0.2, -0.15) is 11.8 Å². The summed E-state index contributed by atoms with van der Waals surface area (Å²) in [5, 5.41) is 2.93. The third kappa shape index (κ3) is 6.43. The molecule has 0 aromatic heterocycles. The number of methoxy groups -OCH3 is 1. The van der Waals surface area contributed by atoms with Crippen LogP contribution in [0.4, 0.5) is 0 Å². The van der Waals surface area contributed by atoms with Crippen molar-refractivity contribution in [3.8, 4) is 0 Å². The van der Waals surface area contributed by atoms with Crippen molar-refractivity contribution in [3.63, 3.8) is 0 Å². The van der Waals surface area contributed by atoms with Crippen molar-refractivity contribution in [1.82, 2.24) is 5.32 Å². The fraction of sp³-hybridized carbons (Fsp3) is 0.429. The first-order chi connectivity index (χ1) is 9.52. The monoisotopic (exact) mass is 359 g/mol. The van der Waals surface area contributed by atoms with Gasteiger partial charge in [-0.3, -0.25) is 9.59 Å². The Hall–Kier alpha value is -1.01. The molecular weight excluding hydrogens is 342 g/mol. The van der Waals surface area contributed by atoms with Crippen LogP contribution >= 0.6 is 27.7 Å². The lowest BCUT2D eigenvalue weighted by atomic mass is 10.1. The molecule has 0 fully saturated rings. The fourth-order valence-corrected chi connectivity index (χ4v) is 2.53. The van der Waals surface area contributed by atoms with E-state index in [1.807, 2.05) is 31.2 Å². The third-order valence-corrected chi connectivity index (χ3v) is 4.15. The number of hydrogen-bond donors (Lipinski definition) is 1. The lowest BCUT2D eigenvalue weighted by molar-refractivity contribution is -0.140. The summed E-state index contributed by atoms with van der Waals surface area (Å²) < 4.78 is 5.54. The first kappa shape index (κ1) is 17.0. The Kier molecular flexibility index (Phi) is 7.69. The Bertz CT molecular complexity index is 450. The van der Waals surface area contributed by atoms with Crippen molar-refractivity contribution >= 4 is 39.6 Å². The maximum absolute atomic E-state index is 11.8. The average Bonchev–Trinajstić information content (AvgIpc) is 2.43. The minimum absolute atomic E-state index is 0.0307. The highest BCUT2D eigenvalue weighted by atomic mass is 79.9. The van der Waals surface area contributed by atoms with Gasteiger partial charge in [0.25, 0.3) is 0 Å². The Morgan fingerprint density at radius 2 is 2.00 bits per heavy atom. The normalized spacial score (nSPS) is 11.8. The smallest absolute Gasteiger partial charge is 0.306 e. The summed E-state index contributed by atoms with van der Waals surface area (Å²) in [6, 6.07) is 7.81. The predicted octanol–water partition coefficient (Wildman–Crippen LogP) is 2.92. The molecule has 1 N–H and O–H groups in total. The molecule has 1 rings (SSSR count). The number of halogens is 1. The van der Waals surface area contributed by atoms with Crippen LogP contribution in [0.15, 0.2) is 28.7 Å². The number of amides is 1. The van der Waals surface area contributed by atoms with E-state index in [1.54, 1.807) is 0 Å². The molecule has 0 aliphatic rings. The first-order valence-corrected chi connectivity index (χ1v) is 8.17. The predicted molar refractivity (Wildman–Crippen MR) is 84.7 cm³/mol. The molecule has 0 unspecified atom stereocenters. The van der Waals surface area contributed by atoms with Crippen LogP contribution in [0.2, 0.25) is 0 Å². The zero-order valence-corrected chi connectivity index (χ0v) is 13.9. The van der Waals surface area contributed by atoms with E-state index < -0.39 is 0 Å². The van der Waals surface area contributed by atoms with E-state index in [0.717, 1.165) is 10.0 Å². The van der Waals surface area contributed by atoms with Gasteiger partial charge in [0.2, 0.25) is 5.91 Å². The molecule has 0 aliphatic heterocycles. The van der Waals surface area contributed by atoms with E-state index in [4.69, 9.17) is 0 Å². The number of esters is 1. The van der Waals surface area contributed by atoms with E-state index in [9.17, 15) is 9.59 Å². The minimum Gasteiger partial charge on any atom is -0.469 e. The lowest BCUT2D eigenvalue weighted by Crippen LogP contribution is -2.28. The number of ether oxygens (including phenoxy) is 1. The van der Waals surface area contributed by atoms with Crippen LogP contribution in [-0.4, -0.2) is 30.5 Å². The lowest BCUT2D eigenvalue weighted by Gasteiger charge is -2.14. The third-order valence-electron chi connectivity index (χ3n) is 2.66. The van der Waals surface area contributed by atoms with Gasteiger partial charge in [0.05, 0.1) is 25.3 Å². The molecule has 4 nitrogen and oxygen atoms in total. The number of thioether (sulfide) groups is 1. The van der Waals surface area contributed by atoms with Crippen molar-refractivity contribution in [2.75, 3.05) is 18.6 Å². The van der Waals surface area contributed by atoms with Gasteiger partial charge in [0, 0.05) is 10.2 Å². The molecule has 0 radical (unpaired) electrons. The molecule has 110 valence electrons. The standard InChI is InChI=1S/C14H18BrNO3S/c1-10(11-3-5-12(15)6-4-11)16-13(17)9-20-8-7-14(18)19-2/h3-6,10H,7-9H2,1-2H3,(H,16,17)/t10-/m0/s1. The maximum Gasteiger partial charge on any atom is 0.306 e. The molecule has 1 aromatic carbocycles. The SMILES string of the molecule is COC(=O)CCSCC(=O)N[C@@H](C)c1ccc(Br)cc1. The molecule has 1 atom stereocenters. The second kappa shape index (κ2) is 9.02. The summed E-state index contributed by atoms with van der Waals surface area (Å²) >= 11 is 4.80. The Balaban J connectivity index is 2.28. The summed E-state index contributed by atoms with van der Waals surface area (Å²) in [5.41, 5.74) is 1.06. The van der Waals surface area contributed by atoms with Gasteiger partial charge < -0.3 is 10.1 Å². The van der Waals surface area contributed by atoms with Gasteiger partial charge in [-0.15, -0.1) is 0 Å². The van der Waals surface area contributed by atoms with Crippen LogP contribution in [0.1, 0.15) is 24.9 Å². The van der Waals surface area contributed by atoms with Crippen LogP contribution < -0.4 is 5.32 Å². The van der Waals surface area contributed by atoms with Gasteiger partial charge in [0.1, 0.15) is 0 Å². The fourth-order valence-electron chi connectivity index (χ4n) is 1.54. The van der Waals surface area contributed by atoms with Crippen molar-refractivity contribution in [1.29, 1.82) is 0 Å². The number of benzene rings is 1. The van der Waals surface area contributed by atoms with Gasteiger partial charge in [-0.05, 0) is 24.6 Å². The molecule has 0 heterocycles. The highest BCUT2D eigenvalue weighted by Gasteiger charge is 2.09. The Labute approximate surface area is 131 Å². The topological polar surface area (TPSA) is 55.4 Å². The minimum atomic E-state index is -0.249. The number of carbonyl (C=O) groups is 2. The summed E-state index contributed by atoms with van der Waals surface area (Å²) in [7, 11) is 1.36. The van der Waals surface area contributed by atoms with Gasteiger partial charge in [-0.25, -0.2) is 0 Å². The summed E-state index contributed by atoms with van der Waals surface area (Å²) in [6.45, 7) is 1.94. The van der Waals surface area contributed by atoms with Crippen LogP contribution in [0.5, 0.6) is 0 Å². The van der Waals surface area contributed by atoms with Crippen molar-refractivity contribution < 1.29 is 14.3 Å². The Morgan fingerprint density at radius 3 is 2.60 bits per heavy atom. The number of hydrogen-bond acceptors (Lipinski definition) is 4. The summed E-state index contributed by atoms with van der Waals surface area (Å²) in [4.78, 5) is 22.7. The van der Waals surface area contributed by atoms with Crippen LogP contribution in [0.25, 0.3) is 0 Å². The maximum atomic E-state index is 11.8. The van der Waals surface area contributed by atoms with Crippen LogP contribution in [0, 0.1) is 0 Å². The van der Waals surface area contributed by atoms with Crippen molar-refractivity contribution in [2.45, 2.75) is 19.4 Å². The van der Waals surface area contributed by atoms with E-state index in [1.165, 1.54) is 18.9 Å². The van der Waals surface area contributed by atoms with E-state index in [0.29, 0.717) is 17.9 Å². The average molecular weight is 360 g/mol. The van der Waals surface area contributed by atoms with Gasteiger partial charge in [0.15, 0.2) is 0 Å². The zero-order chi connectivity index (χ0) is 15.0. The number of rotatable bonds is 7. The number of carbonyl (C=O) groups excluding carboxylic acids is 2. The molecule has 0 aliphatic carbocycles. The molecule has 0 spiro atoms. The molecule has 20 heavy (non-hydrogen) atoms. The van der Waals surface area contributed by atoms with Gasteiger partial charge in [-0.1, -0.05) is 28.1 Å². The highest BCUT2D eigenvalue weighted by molar-refractivity contribution is 9.10. The van der Waals surface area contributed by atoms with Crippen molar-refractivity contribution in [2.24, 2.45) is 0 Å². The van der Waals surface area contributed by atoms with E-state index >= 15 is 0 Å². The quantitative estimate of drug-likeness (QED) is 0.600. The molecule has 1 amide bonds. The highest BCUT2D eigenvalue weighted by Crippen LogP contribution is 2.16. The molecule has 6 heteroatoms. The molecule has 0 saturated heterocycles. The van der Waals surface area contributed by atoms with Crippen molar-refractivity contribution in [3.05, 3.63) is 34.3 Å². The number of nitrogens with one attached hydrogen (secondary N) is 1. The largest absolute Gasteiger partial charge is 0.469 e. The first-order valence-electron chi connectivity index (χ1n) is 6.22. The second-order valence-electron chi connectivity index (χ2n) is 4.22. The summed E-state index contributed by atoms with van der Waals surface area (Å²) in [6.07, 6.45) is 0.330. The van der Waals surface area contributed by atoms with Crippen LogP contribution in [0.3, 0.4) is 0 Å². The molecular formula is C14H18BrNO3S. The molecule has 1 aromatic rings. The van der Waals surface area contributed by atoms with Gasteiger partial charge >= 0.3 is 5.97 Å². The second-order valence-corrected chi connectivity index (χ2v) is 6.24. The van der Waals surface area contributed by atoms with Crippen LogP contribution in [-0.2, 0) is 14.3 Å².